The second-order valence-corrected chi connectivity index (χ2v) is 7.42. The molecule has 0 aliphatic carbocycles. The van der Waals surface area contributed by atoms with Crippen LogP contribution in [0.3, 0.4) is 0 Å². The van der Waals surface area contributed by atoms with Gasteiger partial charge in [-0.05, 0) is 36.3 Å². The van der Waals surface area contributed by atoms with Crippen LogP contribution in [0.1, 0.15) is 17.5 Å². The maximum atomic E-state index is 11.9. The summed E-state index contributed by atoms with van der Waals surface area (Å²) in [7, 11) is -3.59. The minimum Gasteiger partial charge on any atom is -0.326 e. The molecule has 25 heavy (non-hydrogen) atoms. The van der Waals surface area contributed by atoms with E-state index in [4.69, 9.17) is 11.6 Å². The highest BCUT2D eigenvalue weighted by molar-refractivity contribution is 7.92. The number of carbonyl (C=O) groups excluding carboxylic acids is 1. The molecule has 1 amide bonds. The fourth-order valence-electron chi connectivity index (χ4n) is 2.04. The van der Waals surface area contributed by atoms with Gasteiger partial charge in [-0.3, -0.25) is 4.79 Å². The number of sulfonamides is 1. The van der Waals surface area contributed by atoms with Crippen LogP contribution < -0.4 is 10.0 Å². The summed E-state index contributed by atoms with van der Waals surface area (Å²) in [5.74, 6) is -0.292. The number of nitrogens with one attached hydrogen (secondary N) is 2. The van der Waals surface area contributed by atoms with Crippen LogP contribution in [0.25, 0.3) is 6.08 Å². The van der Waals surface area contributed by atoms with Crippen molar-refractivity contribution < 1.29 is 13.2 Å². The molecule has 2 rings (SSSR count). The van der Waals surface area contributed by atoms with Crippen LogP contribution in [0.4, 0.5) is 5.69 Å². The van der Waals surface area contributed by atoms with E-state index in [1.165, 1.54) is 6.08 Å². The van der Waals surface area contributed by atoms with Gasteiger partial charge in [0, 0.05) is 29.1 Å². The molecule has 0 bridgehead atoms. The second kappa shape index (κ2) is 8.80. The number of anilines is 1. The van der Waals surface area contributed by atoms with Gasteiger partial charge in [-0.25, -0.2) is 13.1 Å². The lowest BCUT2D eigenvalue weighted by molar-refractivity contribution is -0.116. The van der Waals surface area contributed by atoms with Gasteiger partial charge in [-0.15, -0.1) is 0 Å². The molecule has 132 valence electrons. The number of rotatable bonds is 7. The topological polar surface area (TPSA) is 75.3 Å². The molecule has 5 nitrogen and oxygen atoms in total. The predicted molar refractivity (Wildman–Crippen MR) is 102 cm³/mol. The lowest BCUT2D eigenvalue weighted by Gasteiger charge is -2.09. The van der Waals surface area contributed by atoms with Crippen molar-refractivity contribution in [1.82, 2.24) is 4.72 Å². The Morgan fingerprint density at radius 2 is 1.84 bits per heavy atom. The smallest absolute Gasteiger partial charge is 0.233 e. The molecule has 7 heteroatoms. The Balaban J connectivity index is 1.84. The summed E-state index contributed by atoms with van der Waals surface area (Å²) < 4.78 is 26.2. The van der Waals surface area contributed by atoms with Gasteiger partial charge in [0.05, 0.1) is 0 Å². The lowest BCUT2D eigenvalue weighted by Crippen LogP contribution is -2.26. The van der Waals surface area contributed by atoms with Gasteiger partial charge in [0.25, 0.3) is 0 Å². The van der Waals surface area contributed by atoms with Crippen molar-refractivity contribution in [3.63, 3.8) is 0 Å². The van der Waals surface area contributed by atoms with Crippen molar-refractivity contribution in [3.8, 4) is 0 Å². The maximum Gasteiger partial charge on any atom is 0.233 e. The molecule has 0 spiro atoms. The molecule has 0 saturated carbocycles. The van der Waals surface area contributed by atoms with E-state index in [-0.39, 0.29) is 18.9 Å². The predicted octanol–water partition coefficient (Wildman–Crippen LogP) is 3.57. The molecule has 2 aromatic rings. The van der Waals surface area contributed by atoms with E-state index in [0.717, 1.165) is 16.5 Å². The summed E-state index contributed by atoms with van der Waals surface area (Å²) in [6.45, 7) is 1.81. The molecular formula is C18H19ClN2O3S. The van der Waals surface area contributed by atoms with Gasteiger partial charge >= 0.3 is 0 Å². The van der Waals surface area contributed by atoms with Gasteiger partial charge in [0.15, 0.2) is 0 Å². The molecule has 0 saturated heterocycles. The van der Waals surface area contributed by atoms with Crippen LogP contribution in [0.5, 0.6) is 0 Å². The molecule has 0 radical (unpaired) electrons. The summed E-state index contributed by atoms with van der Waals surface area (Å²) >= 11 is 6.00. The van der Waals surface area contributed by atoms with E-state index in [0.29, 0.717) is 10.7 Å². The van der Waals surface area contributed by atoms with Crippen molar-refractivity contribution in [1.29, 1.82) is 0 Å². The lowest BCUT2D eigenvalue weighted by atomic mass is 10.2. The summed E-state index contributed by atoms with van der Waals surface area (Å²) in [4.78, 5) is 11.9. The number of benzene rings is 2. The number of hydrogen-bond acceptors (Lipinski definition) is 3. The van der Waals surface area contributed by atoms with Crippen LogP contribution in [0.2, 0.25) is 5.02 Å². The first-order valence-corrected chi connectivity index (χ1v) is 9.57. The van der Waals surface area contributed by atoms with E-state index in [1.54, 1.807) is 37.3 Å². The van der Waals surface area contributed by atoms with E-state index < -0.39 is 10.0 Å². The van der Waals surface area contributed by atoms with Crippen molar-refractivity contribution in [2.75, 3.05) is 11.9 Å². The van der Waals surface area contributed by atoms with Gasteiger partial charge in [0.2, 0.25) is 15.9 Å². The zero-order valence-corrected chi connectivity index (χ0v) is 15.3. The third kappa shape index (κ3) is 6.34. The first kappa shape index (κ1) is 19.2. The van der Waals surface area contributed by atoms with E-state index >= 15 is 0 Å². The Morgan fingerprint density at radius 1 is 1.12 bits per heavy atom. The highest BCUT2D eigenvalue weighted by Gasteiger charge is 2.09. The monoisotopic (exact) mass is 378 g/mol. The molecule has 0 aliphatic rings. The zero-order valence-electron chi connectivity index (χ0n) is 13.7. The van der Waals surface area contributed by atoms with E-state index in [1.807, 2.05) is 18.2 Å². The average Bonchev–Trinajstić information content (AvgIpc) is 2.58. The standard InChI is InChI=1S/C18H19ClN2O3S/c1-14-16(19)8-5-9-17(14)21-18(22)10-12-20-25(23,24)13-11-15-6-3-2-4-7-15/h2-9,11,13,20H,10,12H2,1H3,(H,21,22). The fourth-order valence-corrected chi connectivity index (χ4v) is 3.04. The molecule has 0 unspecified atom stereocenters. The third-order valence-electron chi connectivity index (χ3n) is 3.44. The molecule has 0 atom stereocenters. The normalized spacial score (nSPS) is 11.6. The van der Waals surface area contributed by atoms with Crippen LogP contribution >= 0.6 is 11.6 Å². The third-order valence-corrected chi connectivity index (χ3v) is 4.95. The van der Waals surface area contributed by atoms with Crippen LogP contribution in [-0.2, 0) is 14.8 Å². The highest BCUT2D eigenvalue weighted by Crippen LogP contribution is 2.22. The Kier molecular flexibility index (Phi) is 6.75. The second-order valence-electron chi connectivity index (χ2n) is 5.36. The maximum absolute atomic E-state index is 11.9. The molecule has 2 N–H and O–H groups in total. The quantitative estimate of drug-likeness (QED) is 0.773. The Morgan fingerprint density at radius 3 is 2.56 bits per heavy atom. The van der Waals surface area contributed by atoms with Crippen LogP contribution in [0.15, 0.2) is 53.9 Å². The summed E-state index contributed by atoms with van der Waals surface area (Å²) in [6.07, 6.45) is 1.52. The number of amides is 1. The molecule has 0 fully saturated rings. The van der Waals surface area contributed by atoms with Crippen molar-refractivity contribution in [2.45, 2.75) is 13.3 Å². The summed E-state index contributed by atoms with van der Waals surface area (Å²) in [5.41, 5.74) is 2.16. The van der Waals surface area contributed by atoms with E-state index in [9.17, 15) is 13.2 Å². The Hall–Kier alpha value is -2.15. The van der Waals surface area contributed by atoms with Crippen LogP contribution in [0, 0.1) is 6.92 Å². The number of carbonyl (C=O) groups is 1. The first-order valence-electron chi connectivity index (χ1n) is 7.65. The molecule has 2 aromatic carbocycles. The fraction of sp³-hybridized carbons (Fsp3) is 0.167. The van der Waals surface area contributed by atoms with Gasteiger partial charge in [-0.1, -0.05) is 48.0 Å². The molecular weight excluding hydrogens is 360 g/mol. The SMILES string of the molecule is Cc1c(Cl)cccc1NC(=O)CCNS(=O)(=O)C=Cc1ccccc1. The minimum absolute atomic E-state index is 0.00685. The average molecular weight is 379 g/mol. The Bertz CT molecular complexity index is 865. The molecule has 0 aliphatic heterocycles. The minimum atomic E-state index is -3.59. The number of hydrogen-bond donors (Lipinski definition) is 2. The largest absolute Gasteiger partial charge is 0.326 e. The number of halogens is 1. The van der Waals surface area contributed by atoms with Gasteiger partial charge in [0.1, 0.15) is 0 Å². The van der Waals surface area contributed by atoms with Crippen molar-refractivity contribution in [2.24, 2.45) is 0 Å². The van der Waals surface area contributed by atoms with E-state index in [2.05, 4.69) is 10.0 Å². The summed E-state index contributed by atoms with van der Waals surface area (Å²) in [5, 5.41) is 4.36. The molecule has 0 heterocycles. The Labute approximate surface area is 152 Å². The van der Waals surface area contributed by atoms with Crippen molar-refractivity contribution in [3.05, 3.63) is 70.1 Å². The zero-order chi connectivity index (χ0) is 18.3. The molecule has 0 aromatic heterocycles. The van der Waals surface area contributed by atoms with Gasteiger partial charge < -0.3 is 5.32 Å². The van der Waals surface area contributed by atoms with Crippen molar-refractivity contribution >= 4 is 39.3 Å². The van der Waals surface area contributed by atoms with Gasteiger partial charge in [-0.2, -0.15) is 0 Å². The van der Waals surface area contributed by atoms with Crippen LogP contribution in [-0.4, -0.2) is 20.9 Å². The highest BCUT2D eigenvalue weighted by atomic mass is 35.5. The summed E-state index contributed by atoms with van der Waals surface area (Å²) in [6, 6.07) is 14.3. The first-order chi connectivity index (χ1) is 11.9.